The first-order valence-electron chi connectivity index (χ1n) is 3.00. The Morgan fingerprint density at radius 3 is 0.857 bits per heavy atom. The van der Waals surface area contributed by atoms with Gasteiger partial charge in [0, 0.05) is 0 Å². The molecule has 0 amide bonds. The van der Waals surface area contributed by atoms with E-state index in [-0.39, 0.29) is 0 Å². The third-order valence-electron chi connectivity index (χ3n) is 1.25. The van der Waals surface area contributed by atoms with Crippen molar-refractivity contribution in [3.05, 3.63) is 13.2 Å². The Labute approximate surface area is 46.2 Å². The number of hydrogen-bond acceptors (Lipinski definition) is 0. The van der Waals surface area contributed by atoms with E-state index in [1.165, 1.54) is 32.1 Å². The van der Waals surface area contributed by atoms with Gasteiger partial charge in [0.1, 0.15) is 0 Å². The van der Waals surface area contributed by atoms with Gasteiger partial charge in [-0.1, -0.05) is 32.1 Å². The van der Waals surface area contributed by atoms with E-state index in [1.807, 2.05) is 0 Å². The molecule has 42 valence electrons. The molecule has 1 aliphatic carbocycles. The topological polar surface area (TPSA) is 0 Å². The zero-order valence-corrected chi connectivity index (χ0v) is 4.95. The second-order valence-electron chi connectivity index (χ2n) is 1.77. The van der Waals surface area contributed by atoms with Gasteiger partial charge in [0.05, 0.1) is 0 Å². The molecule has 0 radical (unpaired) electrons. The minimum atomic E-state index is 1.50. The molecule has 0 heteroatoms. The van der Waals surface area contributed by atoms with Crippen molar-refractivity contribution in [2.45, 2.75) is 32.1 Å². The van der Waals surface area contributed by atoms with Gasteiger partial charge in [0.2, 0.25) is 0 Å². The fourth-order valence-corrected chi connectivity index (χ4v) is 0.884. The summed E-state index contributed by atoms with van der Waals surface area (Å²) in [5, 5.41) is 0. The lowest BCUT2D eigenvalue weighted by Crippen LogP contribution is -1.47. The molecule has 0 bridgehead atoms. The minimum Gasteiger partial charge on any atom is -0.106 e. The van der Waals surface area contributed by atoms with Gasteiger partial charge in [-0.25, -0.2) is 0 Å². The fraction of sp³-hybridized carbons (Fsp3) is 0.714. The summed E-state index contributed by atoms with van der Waals surface area (Å²) in [6.07, 6.45) is 7.50. The van der Waals surface area contributed by atoms with E-state index in [9.17, 15) is 0 Å². The van der Waals surface area contributed by atoms with E-state index in [0.717, 1.165) is 0 Å². The highest BCUT2D eigenvalue weighted by molar-refractivity contribution is 4.51. The molecule has 0 aromatic heterocycles. The van der Waals surface area contributed by atoms with Crippen molar-refractivity contribution >= 4 is 0 Å². The van der Waals surface area contributed by atoms with E-state index >= 15 is 0 Å². The smallest absolute Gasteiger partial charge is 0.0533 e. The van der Waals surface area contributed by atoms with E-state index in [4.69, 9.17) is 0 Å². The predicted molar refractivity (Wildman–Crippen MR) is 34.3 cm³/mol. The normalized spacial score (nSPS) is 17.7. The Hall–Kier alpha value is -0.260. The molecule has 1 fully saturated rings. The molecule has 1 aliphatic rings. The van der Waals surface area contributed by atoms with E-state index in [2.05, 4.69) is 13.2 Å². The van der Waals surface area contributed by atoms with Gasteiger partial charge in [-0.15, -0.1) is 13.2 Å². The molecule has 0 aromatic rings. The van der Waals surface area contributed by atoms with Gasteiger partial charge in [0.25, 0.3) is 0 Å². The Balaban J connectivity index is 0.000000162. The third kappa shape index (κ3) is 3.57. The highest BCUT2D eigenvalue weighted by Gasteiger charge is 1.95. The Kier molecular flexibility index (Phi) is 5.53. The van der Waals surface area contributed by atoms with Gasteiger partial charge < -0.3 is 0 Å². The maximum absolute atomic E-state index is 3.00. The van der Waals surface area contributed by atoms with Crippen LogP contribution in [0.25, 0.3) is 0 Å². The molecule has 1 saturated carbocycles. The molecule has 0 nitrogen and oxygen atoms in total. The lowest BCUT2D eigenvalue weighted by Gasteiger charge is -1.67. The van der Waals surface area contributed by atoms with Crippen molar-refractivity contribution in [3.8, 4) is 0 Å². The molecule has 0 spiro atoms. The average Bonchev–Trinajstić information content (AvgIpc) is 2.23. The highest BCUT2D eigenvalue weighted by atomic mass is 14.0. The lowest BCUT2D eigenvalue weighted by atomic mass is 10.4. The maximum atomic E-state index is 3.00. The summed E-state index contributed by atoms with van der Waals surface area (Å²) in [4.78, 5) is 0. The standard InChI is InChI=1S/C5H10.C2H4/c1-2-4-5-3-1;1-2/h1-5H2;1-2H2. The van der Waals surface area contributed by atoms with Crippen LogP contribution in [0.1, 0.15) is 32.1 Å². The van der Waals surface area contributed by atoms with Gasteiger partial charge >= 0.3 is 0 Å². The lowest BCUT2D eigenvalue weighted by molar-refractivity contribution is 0.886. The SMILES string of the molecule is C1CCCC1.C=C. The molecule has 7 heavy (non-hydrogen) atoms. The summed E-state index contributed by atoms with van der Waals surface area (Å²) in [6.45, 7) is 6.00. The summed E-state index contributed by atoms with van der Waals surface area (Å²) in [5.41, 5.74) is 0. The first-order chi connectivity index (χ1) is 3.50. The Bertz CT molecular complexity index is 19.4. The molecule has 0 unspecified atom stereocenters. The maximum Gasteiger partial charge on any atom is -0.0533 e. The van der Waals surface area contributed by atoms with E-state index in [0.29, 0.717) is 0 Å². The van der Waals surface area contributed by atoms with Gasteiger partial charge in [-0.3, -0.25) is 0 Å². The van der Waals surface area contributed by atoms with Crippen LogP contribution in [0.3, 0.4) is 0 Å². The van der Waals surface area contributed by atoms with Crippen LogP contribution in [-0.2, 0) is 0 Å². The van der Waals surface area contributed by atoms with Gasteiger partial charge in [-0.2, -0.15) is 0 Å². The Morgan fingerprint density at radius 1 is 0.571 bits per heavy atom. The average molecular weight is 98.2 g/mol. The monoisotopic (exact) mass is 98.1 g/mol. The van der Waals surface area contributed by atoms with Crippen molar-refractivity contribution in [3.63, 3.8) is 0 Å². The summed E-state index contributed by atoms with van der Waals surface area (Å²) >= 11 is 0. The molecule has 0 aromatic carbocycles. The highest BCUT2D eigenvalue weighted by Crippen LogP contribution is 2.15. The largest absolute Gasteiger partial charge is 0.106 e. The zero-order chi connectivity index (χ0) is 5.54. The summed E-state index contributed by atoms with van der Waals surface area (Å²) in [7, 11) is 0. The zero-order valence-electron chi connectivity index (χ0n) is 4.95. The first-order valence-corrected chi connectivity index (χ1v) is 3.00. The van der Waals surface area contributed by atoms with Crippen LogP contribution in [0.15, 0.2) is 13.2 Å². The summed E-state index contributed by atoms with van der Waals surface area (Å²) in [5.74, 6) is 0. The van der Waals surface area contributed by atoms with E-state index in [1.54, 1.807) is 0 Å². The van der Waals surface area contributed by atoms with Crippen LogP contribution in [-0.4, -0.2) is 0 Å². The van der Waals surface area contributed by atoms with Crippen molar-refractivity contribution in [2.75, 3.05) is 0 Å². The molecular weight excluding hydrogens is 84.1 g/mol. The molecule has 0 heterocycles. The Morgan fingerprint density at radius 2 is 0.714 bits per heavy atom. The van der Waals surface area contributed by atoms with Crippen molar-refractivity contribution in [1.29, 1.82) is 0 Å². The van der Waals surface area contributed by atoms with Crippen LogP contribution >= 0.6 is 0 Å². The van der Waals surface area contributed by atoms with Crippen LogP contribution in [0, 0.1) is 0 Å². The third-order valence-corrected chi connectivity index (χ3v) is 1.25. The van der Waals surface area contributed by atoms with Crippen LogP contribution in [0.5, 0.6) is 0 Å². The molecule has 1 rings (SSSR count). The van der Waals surface area contributed by atoms with E-state index < -0.39 is 0 Å². The molecule has 0 saturated heterocycles. The number of rotatable bonds is 0. The fourth-order valence-electron chi connectivity index (χ4n) is 0.884. The first kappa shape index (κ1) is 6.74. The van der Waals surface area contributed by atoms with Gasteiger partial charge in [0.15, 0.2) is 0 Å². The second-order valence-corrected chi connectivity index (χ2v) is 1.77. The van der Waals surface area contributed by atoms with Crippen molar-refractivity contribution in [1.82, 2.24) is 0 Å². The van der Waals surface area contributed by atoms with Crippen LogP contribution in [0.2, 0.25) is 0 Å². The van der Waals surface area contributed by atoms with Crippen LogP contribution < -0.4 is 0 Å². The number of hydrogen-bond donors (Lipinski definition) is 0. The second kappa shape index (κ2) is 5.74. The predicted octanol–water partition coefficient (Wildman–Crippen LogP) is 2.75. The molecular formula is C7H14. The minimum absolute atomic E-state index is 1.50. The van der Waals surface area contributed by atoms with Crippen molar-refractivity contribution in [2.24, 2.45) is 0 Å². The quantitative estimate of drug-likeness (QED) is 0.409. The van der Waals surface area contributed by atoms with Crippen molar-refractivity contribution < 1.29 is 0 Å². The summed E-state index contributed by atoms with van der Waals surface area (Å²) in [6, 6.07) is 0. The molecule has 0 atom stereocenters. The van der Waals surface area contributed by atoms with Crippen LogP contribution in [0.4, 0.5) is 0 Å². The van der Waals surface area contributed by atoms with Gasteiger partial charge in [-0.05, 0) is 0 Å². The molecule has 0 aliphatic heterocycles. The molecule has 0 N–H and O–H groups in total. The summed E-state index contributed by atoms with van der Waals surface area (Å²) < 4.78 is 0.